The molecule has 0 aliphatic rings. The minimum atomic E-state index is -0.981. The van der Waals surface area contributed by atoms with Crippen LogP contribution in [-0.4, -0.2) is 19.9 Å². The molecule has 3 aromatic rings. The van der Waals surface area contributed by atoms with Crippen LogP contribution in [-0.2, 0) is 7.05 Å². The molecule has 1 atom stereocenters. The minimum absolute atomic E-state index is 0.382. The second-order valence-electron chi connectivity index (χ2n) is 4.80. The SMILES string of the molecule is Cn1cc(-c2ccncc2)c(C(O)c2cccc(F)c2)n1. The molecule has 4 nitrogen and oxygen atoms in total. The van der Waals surface area contributed by atoms with E-state index >= 15 is 0 Å². The van der Waals surface area contributed by atoms with Gasteiger partial charge >= 0.3 is 0 Å². The van der Waals surface area contributed by atoms with Gasteiger partial charge in [-0.05, 0) is 35.4 Å². The molecule has 1 aromatic carbocycles. The van der Waals surface area contributed by atoms with Crippen molar-refractivity contribution in [1.82, 2.24) is 14.8 Å². The van der Waals surface area contributed by atoms with E-state index in [1.807, 2.05) is 18.3 Å². The van der Waals surface area contributed by atoms with Crippen LogP contribution in [0.15, 0.2) is 55.0 Å². The standard InChI is InChI=1S/C16H14FN3O/c1-20-10-14(11-5-7-18-8-6-11)15(19-20)16(21)12-3-2-4-13(17)9-12/h2-10,16,21H,1H3. The summed E-state index contributed by atoms with van der Waals surface area (Å²) in [7, 11) is 1.78. The number of rotatable bonds is 3. The predicted octanol–water partition coefficient (Wildman–Crippen LogP) is 2.70. The van der Waals surface area contributed by atoms with Crippen molar-refractivity contribution >= 4 is 0 Å². The summed E-state index contributed by atoms with van der Waals surface area (Å²) in [5, 5.41) is 14.8. The average molecular weight is 283 g/mol. The van der Waals surface area contributed by atoms with Gasteiger partial charge in [-0.2, -0.15) is 5.10 Å². The fourth-order valence-corrected chi connectivity index (χ4v) is 2.30. The van der Waals surface area contributed by atoms with Gasteiger partial charge in [0.15, 0.2) is 0 Å². The van der Waals surface area contributed by atoms with Crippen LogP contribution in [0.2, 0.25) is 0 Å². The van der Waals surface area contributed by atoms with Crippen molar-refractivity contribution in [1.29, 1.82) is 0 Å². The summed E-state index contributed by atoms with van der Waals surface area (Å²) in [6, 6.07) is 9.60. The monoisotopic (exact) mass is 283 g/mol. The van der Waals surface area contributed by atoms with Crippen LogP contribution in [0.5, 0.6) is 0 Å². The van der Waals surface area contributed by atoms with Gasteiger partial charge in [0.2, 0.25) is 0 Å². The summed E-state index contributed by atoms with van der Waals surface area (Å²) >= 11 is 0. The highest BCUT2D eigenvalue weighted by Crippen LogP contribution is 2.30. The van der Waals surface area contributed by atoms with Gasteiger partial charge in [-0.25, -0.2) is 4.39 Å². The number of nitrogens with zero attached hydrogens (tertiary/aromatic N) is 3. The molecule has 106 valence electrons. The Labute approximate surface area is 121 Å². The van der Waals surface area contributed by atoms with Gasteiger partial charge in [0.25, 0.3) is 0 Å². The second kappa shape index (κ2) is 5.46. The number of aliphatic hydroxyl groups excluding tert-OH is 1. The molecule has 0 bridgehead atoms. The van der Waals surface area contributed by atoms with Gasteiger partial charge in [0, 0.05) is 31.2 Å². The molecule has 0 fully saturated rings. The summed E-state index contributed by atoms with van der Waals surface area (Å²) in [4.78, 5) is 3.98. The number of halogens is 1. The van der Waals surface area contributed by atoms with Crippen LogP contribution in [0.25, 0.3) is 11.1 Å². The summed E-state index contributed by atoms with van der Waals surface area (Å²) in [6.07, 6.45) is 4.21. The van der Waals surface area contributed by atoms with Crippen molar-refractivity contribution in [3.63, 3.8) is 0 Å². The highest BCUT2D eigenvalue weighted by molar-refractivity contribution is 5.65. The quantitative estimate of drug-likeness (QED) is 0.804. The van der Waals surface area contributed by atoms with Gasteiger partial charge in [-0.15, -0.1) is 0 Å². The van der Waals surface area contributed by atoms with Crippen molar-refractivity contribution in [2.45, 2.75) is 6.10 Å². The maximum absolute atomic E-state index is 13.3. The molecule has 2 heterocycles. The lowest BCUT2D eigenvalue weighted by Crippen LogP contribution is -2.03. The predicted molar refractivity (Wildman–Crippen MR) is 76.9 cm³/mol. The van der Waals surface area contributed by atoms with E-state index in [4.69, 9.17) is 0 Å². The lowest BCUT2D eigenvalue weighted by Gasteiger charge is -2.11. The zero-order valence-corrected chi connectivity index (χ0v) is 11.4. The summed E-state index contributed by atoms with van der Waals surface area (Å²) < 4.78 is 15.0. The Morgan fingerprint density at radius 2 is 1.95 bits per heavy atom. The Hall–Kier alpha value is -2.53. The van der Waals surface area contributed by atoms with Crippen LogP contribution in [0, 0.1) is 5.82 Å². The third kappa shape index (κ3) is 2.68. The van der Waals surface area contributed by atoms with Crippen LogP contribution < -0.4 is 0 Å². The van der Waals surface area contributed by atoms with Crippen molar-refractivity contribution in [2.24, 2.45) is 7.05 Å². The summed E-state index contributed by atoms with van der Waals surface area (Å²) in [5.41, 5.74) is 2.68. The van der Waals surface area contributed by atoms with Crippen molar-refractivity contribution < 1.29 is 9.50 Å². The number of aliphatic hydroxyl groups is 1. The third-order valence-electron chi connectivity index (χ3n) is 3.27. The topological polar surface area (TPSA) is 50.9 Å². The van der Waals surface area contributed by atoms with E-state index in [0.717, 1.165) is 11.1 Å². The number of pyridine rings is 1. The maximum atomic E-state index is 13.3. The van der Waals surface area contributed by atoms with E-state index in [9.17, 15) is 9.50 Å². The lowest BCUT2D eigenvalue weighted by molar-refractivity contribution is 0.214. The molecule has 0 saturated carbocycles. The maximum Gasteiger partial charge on any atom is 0.124 e. The Balaban J connectivity index is 2.07. The van der Waals surface area contributed by atoms with Crippen LogP contribution >= 0.6 is 0 Å². The first-order valence-corrected chi connectivity index (χ1v) is 6.52. The molecule has 21 heavy (non-hydrogen) atoms. The molecule has 3 rings (SSSR count). The largest absolute Gasteiger partial charge is 0.382 e. The molecule has 0 aliphatic carbocycles. The third-order valence-corrected chi connectivity index (χ3v) is 3.27. The first-order chi connectivity index (χ1) is 10.1. The highest BCUT2D eigenvalue weighted by Gasteiger charge is 2.20. The van der Waals surface area contributed by atoms with Gasteiger partial charge in [0.05, 0.1) is 0 Å². The molecule has 0 aliphatic heterocycles. The zero-order valence-electron chi connectivity index (χ0n) is 11.4. The Bertz CT molecular complexity index is 755. The normalized spacial score (nSPS) is 12.3. The van der Waals surface area contributed by atoms with Crippen LogP contribution in [0.4, 0.5) is 4.39 Å². The number of aromatic nitrogens is 3. The molecule has 1 unspecified atom stereocenters. The number of aryl methyl sites for hydroxylation is 1. The van der Waals surface area contributed by atoms with Gasteiger partial charge in [0.1, 0.15) is 17.6 Å². The lowest BCUT2D eigenvalue weighted by atomic mass is 10.00. The molecule has 1 N–H and O–H groups in total. The average Bonchev–Trinajstić information content (AvgIpc) is 2.89. The van der Waals surface area contributed by atoms with E-state index in [1.54, 1.807) is 36.3 Å². The first-order valence-electron chi connectivity index (χ1n) is 6.52. The van der Waals surface area contributed by atoms with Gasteiger partial charge in [-0.3, -0.25) is 9.67 Å². The van der Waals surface area contributed by atoms with Crippen molar-refractivity contribution in [3.8, 4) is 11.1 Å². The second-order valence-corrected chi connectivity index (χ2v) is 4.80. The molecule has 5 heteroatoms. The smallest absolute Gasteiger partial charge is 0.124 e. The summed E-state index contributed by atoms with van der Waals surface area (Å²) in [6.45, 7) is 0. The van der Waals surface area contributed by atoms with Crippen molar-refractivity contribution in [2.75, 3.05) is 0 Å². The van der Waals surface area contributed by atoms with E-state index in [0.29, 0.717) is 11.3 Å². The number of hydrogen-bond donors (Lipinski definition) is 1. The minimum Gasteiger partial charge on any atom is -0.382 e. The molecule has 0 saturated heterocycles. The fraction of sp³-hybridized carbons (Fsp3) is 0.125. The highest BCUT2D eigenvalue weighted by atomic mass is 19.1. The number of hydrogen-bond acceptors (Lipinski definition) is 3. The Morgan fingerprint density at radius 1 is 1.19 bits per heavy atom. The Kier molecular flexibility index (Phi) is 3.50. The molecular formula is C16H14FN3O. The molecule has 2 aromatic heterocycles. The first kappa shape index (κ1) is 13.5. The molecule has 0 spiro atoms. The van der Waals surface area contributed by atoms with E-state index in [1.165, 1.54) is 12.1 Å². The van der Waals surface area contributed by atoms with E-state index in [2.05, 4.69) is 10.1 Å². The van der Waals surface area contributed by atoms with E-state index < -0.39 is 6.10 Å². The molecular weight excluding hydrogens is 269 g/mol. The molecule has 0 radical (unpaired) electrons. The van der Waals surface area contributed by atoms with Gasteiger partial charge < -0.3 is 5.11 Å². The van der Waals surface area contributed by atoms with Crippen molar-refractivity contribution in [3.05, 3.63) is 72.1 Å². The van der Waals surface area contributed by atoms with Crippen LogP contribution in [0.1, 0.15) is 17.4 Å². The summed E-state index contributed by atoms with van der Waals surface area (Å²) in [5.74, 6) is -0.382. The van der Waals surface area contributed by atoms with Gasteiger partial charge in [-0.1, -0.05) is 12.1 Å². The zero-order chi connectivity index (χ0) is 14.8. The Morgan fingerprint density at radius 3 is 2.67 bits per heavy atom. The fourth-order valence-electron chi connectivity index (χ4n) is 2.30. The molecule has 0 amide bonds. The number of benzene rings is 1. The van der Waals surface area contributed by atoms with Crippen LogP contribution in [0.3, 0.4) is 0 Å². The van der Waals surface area contributed by atoms with E-state index in [-0.39, 0.29) is 5.82 Å².